The number of ether oxygens (including phenoxy) is 1. The van der Waals surface area contributed by atoms with Gasteiger partial charge in [0.05, 0.1) is 10.2 Å². The summed E-state index contributed by atoms with van der Waals surface area (Å²) in [6.45, 7) is 5.37. The molecule has 0 saturated heterocycles. The molecule has 1 aromatic heterocycles. The number of alkyl halides is 1. The van der Waals surface area contributed by atoms with Gasteiger partial charge in [0.1, 0.15) is 12.3 Å². The van der Waals surface area contributed by atoms with Crippen LogP contribution in [0.4, 0.5) is 20.0 Å². The molecular weight excluding hydrogens is 377 g/mol. The molecule has 3 rings (SSSR count). The second-order valence-corrected chi connectivity index (χ2v) is 8.43. The lowest BCUT2D eigenvalue weighted by Crippen LogP contribution is -2.34. The number of carbonyl (C=O) groups excluding carboxylic acids is 1. The third-order valence-electron chi connectivity index (χ3n) is 4.01. The Hall–Kier alpha value is -2.67. The predicted molar refractivity (Wildman–Crippen MR) is 114 cm³/mol. The molecule has 0 spiro atoms. The van der Waals surface area contributed by atoms with Crippen LogP contribution in [0.15, 0.2) is 42.5 Å². The van der Waals surface area contributed by atoms with Crippen LogP contribution in [-0.2, 0) is 4.74 Å². The van der Waals surface area contributed by atoms with Gasteiger partial charge in [0.15, 0.2) is 5.13 Å². The van der Waals surface area contributed by atoms with Crippen molar-refractivity contribution in [3.05, 3.63) is 42.5 Å². The highest BCUT2D eigenvalue weighted by molar-refractivity contribution is 7.22. The van der Waals surface area contributed by atoms with Crippen LogP contribution < -0.4 is 10.2 Å². The van der Waals surface area contributed by atoms with Gasteiger partial charge in [-0.1, -0.05) is 29.5 Å². The molecular formula is C21H24FN3O2S. The fourth-order valence-corrected chi connectivity index (χ4v) is 3.58. The summed E-state index contributed by atoms with van der Waals surface area (Å²) in [5.74, 6) is 0. The van der Waals surface area contributed by atoms with E-state index in [9.17, 15) is 9.18 Å². The zero-order chi connectivity index (χ0) is 20.3. The summed E-state index contributed by atoms with van der Waals surface area (Å²) >= 11 is 1.50. The minimum Gasteiger partial charge on any atom is -0.443 e. The van der Waals surface area contributed by atoms with Crippen molar-refractivity contribution in [2.75, 3.05) is 30.5 Å². The average molecular weight is 402 g/mol. The first kappa shape index (κ1) is 20.1. The number of benzene rings is 2. The number of hydrogen-bond donors (Lipinski definition) is 1. The number of thiazole rings is 1. The summed E-state index contributed by atoms with van der Waals surface area (Å²) in [4.78, 5) is 18.2. The molecule has 2 aromatic carbocycles. The van der Waals surface area contributed by atoms with E-state index in [2.05, 4.69) is 16.4 Å². The Kier molecular flexibility index (Phi) is 5.84. The molecule has 0 radical (unpaired) electrons. The lowest BCUT2D eigenvalue weighted by atomic mass is 10.1. The monoisotopic (exact) mass is 401 g/mol. The normalized spacial score (nSPS) is 11.5. The average Bonchev–Trinajstić information content (AvgIpc) is 3.06. The molecule has 0 atom stereocenters. The molecule has 1 heterocycles. The number of rotatable bonds is 5. The lowest BCUT2D eigenvalue weighted by Gasteiger charge is -2.24. The highest BCUT2D eigenvalue weighted by Crippen LogP contribution is 2.31. The smallest absolute Gasteiger partial charge is 0.414 e. The molecule has 28 heavy (non-hydrogen) atoms. The maximum Gasteiger partial charge on any atom is 0.414 e. The standard InChI is InChI=1S/C21H24FN3O2S/c1-21(2,3)27-20(26)25(4)16-8-5-14(6-9-16)15-7-10-17-18(13-15)28-19(24-17)23-12-11-22/h5-10,13H,11-12H2,1-4H3,(H,23,24). The number of fused-ring (bicyclic) bond motifs is 1. The van der Waals surface area contributed by atoms with Crippen LogP contribution >= 0.6 is 11.3 Å². The third-order valence-corrected chi connectivity index (χ3v) is 4.99. The van der Waals surface area contributed by atoms with Gasteiger partial charge >= 0.3 is 6.09 Å². The number of anilines is 2. The van der Waals surface area contributed by atoms with Crippen LogP contribution in [0.3, 0.4) is 0 Å². The molecule has 1 amide bonds. The Labute approximate surface area is 168 Å². The predicted octanol–water partition coefficient (Wildman–Crippen LogP) is 5.72. The molecule has 5 nitrogen and oxygen atoms in total. The minimum atomic E-state index is -0.534. The summed E-state index contributed by atoms with van der Waals surface area (Å²) in [7, 11) is 1.69. The van der Waals surface area contributed by atoms with E-state index in [1.807, 2.05) is 57.2 Å². The first-order valence-corrected chi connectivity index (χ1v) is 9.86. The van der Waals surface area contributed by atoms with Crippen LogP contribution in [0.1, 0.15) is 20.8 Å². The summed E-state index contributed by atoms with van der Waals surface area (Å²) in [5.41, 5.74) is 3.20. The van der Waals surface area contributed by atoms with Gasteiger partial charge in [-0.25, -0.2) is 14.2 Å². The Morgan fingerprint density at radius 1 is 1.18 bits per heavy atom. The molecule has 148 valence electrons. The van der Waals surface area contributed by atoms with Crippen molar-refractivity contribution in [3.63, 3.8) is 0 Å². The second kappa shape index (κ2) is 8.14. The second-order valence-electron chi connectivity index (χ2n) is 7.40. The van der Waals surface area contributed by atoms with Crippen LogP contribution in [0.2, 0.25) is 0 Å². The van der Waals surface area contributed by atoms with E-state index >= 15 is 0 Å². The van der Waals surface area contributed by atoms with Gasteiger partial charge in [0, 0.05) is 19.3 Å². The summed E-state index contributed by atoms with van der Waals surface area (Å²) in [6.07, 6.45) is -0.389. The van der Waals surface area contributed by atoms with Gasteiger partial charge in [-0.15, -0.1) is 0 Å². The van der Waals surface area contributed by atoms with Crippen molar-refractivity contribution in [2.24, 2.45) is 0 Å². The molecule has 3 aromatic rings. The molecule has 0 unspecified atom stereocenters. The van der Waals surface area contributed by atoms with Crippen molar-refractivity contribution >= 4 is 38.5 Å². The van der Waals surface area contributed by atoms with Crippen molar-refractivity contribution < 1.29 is 13.9 Å². The summed E-state index contributed by atoms with van der Waals surface area (Å²) < 4.78 is 18.8. The maximum atomic E-state index is 12.3. The number of halogens is 1. The Morgan fingerprint density at radius 2 is 1.86 bits per heavy atom. The molecule has 0 fully saturated rings. The molecule has 0 bridgehead atoms. The highest BCUT2D eigenvalue weighted by Gasteiger charge is 2.20. The number of aromatic nitrogens is 1. The van der Waals surface area contributed by atoms with E-state index < -0.39 is 12.3 Å². The molecule has 0 aliphatic rings. The largest absolute Gasteiger partial charge is 0.443 e. The van der Waals surface area contributed by atoms with E-state index in [0.717, 1.165) is 32.2 Å². The van der Waals surface area contributed by atoms with Crippen LogP contribution in [-0.4, -0.2) is 36.9 Å². The lowest BCUT2D eigenvalue weighted by molar-refractivity contribution is 0.0589. The first-order valence-electron chi connectivity index (χ1n) is 9.04. The van der Waals surface area contributed by atoms with Crippen molar-refractivity contribution in [1.29, 1.82) is 0 Å². The van der Waals surface area contributed by atoms with E-state index in [1.165, 1.54) is 16.2 Å². The van der Waals surface area contributed by atoms with Gasteiger partial charge in [-0.2, -0.15) is 0 Å². The summed E-state index contributed by atoms with van der Waals surface area (Å²) in [6, 6.07) is 13.8. The topological polar surface area (TPSA) is 54.5 Å². The SMILES string of the molecule is CN(C(=O)OC(C)(C)C)c1ccc(-c2ccc3nc(NCCF)sc3c2)cc1. The van der Waals surface area contributed by atoms with Gasteiger partial charge < -0.3 is 10.1 Å². The Balaban J connectivity index is 1.78. The number of amides is 1. The van der Waals surface area contributed by atoms with Gasteiger partial charge in [-0.05, 0) is 56.2 Å². The zero-order valence-corrected chi connectivity index (χ0v) is 17.3. The highest BCUT2D eigenvalue weighted by atomic mass is 32.1. The van der Waals surface area contributed by atoms with Crippen LogP contribution in [0, 0.1) is 0 Å². The van der Waals surface area contributed by atoms with Gasteiger partial charge in [0.2, 0.25) is 0 Å². The number of nitrogens with one attached hydrogen (secondary N) is 1. The number of nitrogens with zero attached hydrogens (tertiary/aromatic N) is 2. The molecule has 7 heteroatoms. The minimum absolute atomic E-state index is 0.263. The molecule has 0 aliphatic carbocycles. The van der Waals surface area contributed by atoms with E-state index in [-0.39, 0.29) is 12.6 Å². The first-order chi connectivity index (χ1) is 13.3. The van der Waals surface area contributed by atoms with Crippen LogP contribution in [0.5, 0.6) is 0 Å². The van der Waals surface area contributed by atoms with E-state index in [4.69, 9.17) is 4.74 Å². The number of hydrogen-bond acceptors (Lipinski definition) is 5. The number of carbonyl (C=O) groups is 1. The van der Waals surface area contributed by atoms with Crippen molar-refractivity contribution in [2.45, 2.75) is 26.4 Å². The van der Waals surface area contributed by atoms with E-state index in [1.54, 1.807) is 7.05 Å². The van der Waals surface area contributed by atoms with Gasteiger partial charge in [-0.3, -0.25) is 4.90 Å². The fourth-order valence-electron chi connectivity index (χ4n) is 2.65. The quantitative estimate of drug-likeness (QED) is 0.594. The zero-order valence-electron chi connectivity index (χ0n) is 16.5. The Bertz CT molecular complexity index is 964. The van der Waals surface area contributed by atoms with Crippen molar-refractivity contribution in [1.82, 2.24) is 4.98 Å². The summed E-state index contributed by atoms with van der Waals surface area (Å²) in [5, 5.41) is 3.69. The van der Waals surface area contributed by atoms with Crippen LogP contribution in [0.25, 0.3) is 21.3 Å². The fraction of sp³-hybridized carbons (Fsp3) is 0.333. The Morgan fingerprint density at radius 3 is 2.50 bits per heavy atom. The molecule has 1 N–H and O–H groups in total. The van der Waals surface area contributed by atoms with Crippen molar-refractivity contribution in [3.8, 4) is 11.1 Å². The molecule has 0 aliphatic heterocycles. The van der Waals surface area contributed by atoms with E-state index in [0.29, 0.717) is 0 Å². The van der Waals surface area contributed by atoms with Gasteiger partial charge in [0.25, 0.3) is 0 Å². The maximum absolute atomic E-state index is 12.3. The molecule has 0 saturated carbocycles. The third kappa shape index (κ3) is 4.78.